The standard InChI is InChI=1S/C5H7N2S/c1-8-5-2-3-6-4-7-5/h2-4H,1H3,(H,6,7). The van der Waals surface area contributed by atoms with E-state index in [0.29, 0.717) is 0 Å². The van der Waals surface area contributed by atoms with Crippen molar-refractivity contribution in [3.63, 3.8) is 0 Å². The largest absolute Gasteiger partial charge is 0.353 e. The Hall–Kier alpha value is -0.440. The number of aliphatic imine (C=N–C) groups is 1. The van der Waals surface area contributed by atoms with Crippen LogP contribution >= 0.6 is 11.8 Å². The fourth-order valence-corrected chi connectivity index (χ4v) is 0.789. The summed E-state index contributed by atoms with van der Waals surface area (Å²) in [6.07, 6.45) is 7.47. The summed E-state index contributed by atoms with van der Waals surface area (Å²) in [5.74, 6) is 0. The Morgan fingerprint density at radius 3 is 3.00 bits per heavy atom. The Bertz CT molecular complexity index is 108. The molecule has 0 aliphatic carbocycles. The summed E-state index contributed by atoms with van der Waals surface area (Å²) in [6, 6.07) is 0. The molecule has 1 rings (SSSR count). The summed E-state index contributed by atoms with van der Waals surface area (Å²) in [7, 11) is 0. The van der Waals surface area contributed by atoms with Gasteiger partial charge in [0, 0.05) is 6.20 Å². The minimum Gasteiger partial charge on any atom is -0.353 e. The molecule has 0 spiro atoms. The molecule has 2 nitrogen and oxygen atoms in total. The third kappa shape index (κ3) is 1.26. The van der Waals surface area contributed by atoms with E-state index >= 15 is 0 Å². The van der Waals surface area contributed by atoms with Gasteiger partial charge in [0.25, 0.3) is 0 Å². The highest BCUT2D eigenvalue weighted by atomic mass is 32.2. The maximum absolute atomic E-state index is 4.00. The lowest BCUT2D eigenvalue weighted by Crippen LogP contribution is -2.06. The number of hydrogen-bond donors (Lipinski definition) is 1. The minimum absolute atomic E-state index is 1.05. The fourth-order valence-electron chi connectivity index (χ4n) is 0.427. The first kappa shape index (κ1) is 5.69. The second-order valence-electron chi connectivity index (χ2n) is 1.30. The maximum atomic E-state index is 4.00. The molecule has 0 saturated heterocycles. The van der Waals surface area contributed by atoms with Crippen LogP contribution in [0, 0.1) is 5.37 Å². The van der Waals surface area contributed by atoms with Crippen LogP contribution in [-0.4, -0.2) is 12.6 Å². The van der Waals surface area contributed by atoms with E-state index in [9.17, 15) is 0 Å². The van der Waals surface area contributed by atoms with Crippen LogP contribution in [0.1, 0.15) is 0 Å². The Balaban J connectivity index is 2.42. The van der Waals surface area contributed by atoms with Crippen LogP contribution in [0.3, 0.4) is 0 Å². The molecule has 3 heteroatoms. The lowest BCUT2D eigenvalue weighted by Gasteiger charge is -2.04. The van der Waals surface area contributed by atoms with Crippen molar-refractivity contribution in [3.8, 4) is 0 Å². The number of nitrogens with one attached hydrogen (secondary N) is 1. The Morgan fingerprint density at radius 2 is 2.62 bits per heavy atom. The minimum atomic E-state index is 1.05. The van der Waals surface area contributed by atoms with Gasteiger partial charge in [0.05, 0.1) is 6.34 Å². The lowest BCUT2D eigenvalue weighted by molar-refractivity contribution is 1.20. The zero-order valence-corrected chi connectivity index (χ0v) is 5.40. The summed E-state index contributed by atoms with van der Waals surface area (Å²) in [5, 5.41) is 3.89. The van der Waals surface area contributed by atoms with Crippen LogP contribution in [0.5, 0.6) is 0 Å². The summed E-state index contributed by atoms with van der Waals surface area (Å²) >= 11 is 1.64. The highest BCUT2D eigenvalue weighted by Crippen LogP contribution is 2.18. The van der Waals surface area contributed by atoms with E-state index in [4.69, 9.17) is 0 Å². The molecule has 43 valence electrons. The molecule has 0 atom stereocenters. The van der Waals surface area contributed by atoms with Gasteiger partial charge in [0.1, 0.15) is 0 Å². The van der Waals surface area contributed by atoms with E-state index in [-0.39, 0.29) is 0 Å². The topological polar surface area (TPSA) is 24.4 Å². The van der Waals surface area contributed by atoms with Gasteiger partial charge in [-0.05, 0) is 12.3 Å². The molecule has 1 aliphatic heterocycles. The van der Waals surface area contributed by atoms with Gasteiger partial charge in [0.2, 0.25) is 0 Å². The van der Waals surface area contributed by atoms with Gasteiger partial charge >= 0.3 is 0 Å². The molecule has 8 heavy (non-hydrogen) atoms. The highest BCUT2D eigenvalue weighted by Gasteiger charge is 1.99. The van der Waals surface area contributed by atoms with Gasteiger partial charge < -0.3 is 5.32 Å². The average Bonchev–Trinajstić information content (AvgIpc) is 1.90. The summed E-state index contributed by atoms with van der Waals surface area (Å²) < 4.78 is 0. The Labute approximate surface area is 53.1 Å². The second-order valence-corrected chi connectivity index (χ2v) is 2.13. The van der Waals surface area contributed by atoms with E-state index in [2.05, 4.69) is 10.3 Å². The molecule has 1 N–H and O–H groups in total. The normalized spacial score (nSPS) is 18.6. The molecule has 1 heterocycles. The second kappa shape index (κ2) is 2.77. The monoisotopic (exact) mass is 127 g/mol. The molecule has 0 bridgehead atoms. The van der Waals surface area contributed by atoms with Crippen LogP contribution in [-0.2, 0) is 0 Å². The highest BCUT2D eigenvalue weighted by molar-refractivity contribution is 8.01. The third-order valence-electron chi connectivity index (χ3n) is 0.798. The molecule has 0 amide bonds. The van der Waals surface area contributed by atoms with Crippen molar-refractivity contribution in [2.24, 2.45) is 4.99 Å². The van der Waals surface area contributed by atoms with Crippen molar-refractivity contribution >= 4 is 18.1 Å². The molecule has 0 aromatic carbocycles. The fraction of sp³-hybridized carbons (Fsp3) is 0.200. The van der Waals surface area contributed by atoms with E-state index in [1.54, 1.807) is 18.1 Å². The molecule has 0 fully saturated rings. The Kier molecular flexibility index (Phi) is 1.97. The summed E-state index contributed by atoms with van der Waals surface area (Å²) in [4.78, 5) is 4.00. The van der Waals surface area contributed by atoms with Crippen molar-refractivity contribution in [1.29, 1.82) is 0 Å². The molecule has 0 saturated carbocycles. The number of nitrogens with zero attached hydrogens (tertiary/aromatic N) is 1. The maximum Gasteiger partial charge on any atom is 0.165 e. The number of thioether (sulfide) groups is 1. The smallest absolute Gasteiger partial charge is 0.165 e. The van der Waals surface area contributed by atoms with Crippen LogP contribution in [0.25, 0.3) is 0 Å². The van der Waals surface area contributed by atoms with Crippen molar-refractivity contribution in [1.82, 2.24) is 5.32 Å². The van der Waals surface area contributed by atoms with Gasteiger partial charge in [-0.2, -0.15) is 0 Å². The molecule has 0 aromatic rings. The van der Waals surface area contributed by atoms with E-state index < -0.39 is 0 Å². The average molecular weight is 127 g/mol. The predicted octanol–water partition coefficient (Wildman–Crippen LogP) is 0.984. The van der Waals surface area contributed by atoms with E-state index in [1.165, 1.54) is 0 Å². The first-order valence-corrected chi connectivity index (χ1v) is 3.52. The molecule has 1 aliphatic rings. The number of rotatable bonds is 1. The quantitative estimate of drug-likeness (QED) is 0.568. The third-order valence-corrected chi connectivity index (χ3v) is 1.46. The van der Waals surface area contributed by atoms with Gasteiger partial charge in [-0.1, -0.05) is 0 Å². The van der Waals surface area contributed by atoms with Gasteiger partial charge in [-0.3, -0.25) is 0 Å². The summed E-state index contributed by atoms with van der Waals surface area (Å²) in [5.41, 5.74) is 0. The Morgan fingerprint density at radius 1 is 1.75 bits per heavy atom. The molecular formula is C5H7N2S. The van der Waals surface area contributed by atoms with E-state index in [0.717, 1.165) is 5.37 Å². The van der Waals surface area contributed by atoms with Crippen LogP contribution in [0.2, 0.25) is 0 Å². The van der Waals surface area contributed by atoms with Crippen LogP contribution in [0.4, 0.5) is 0 Å². The van der Waals surface area contributed by atoms with Gasteiger partial charge in [-0.25, -0.2) is 4.99 Å². The van der Waals surface area contributed by atoms with Crippen molar-refractivity contribution < 1.29 is 0 Å². The van der Waals surface area contributed by atoms with E-state index in [1.807, 2.05) is 18.5 Å². The van der Waals surface area contributed by atoms with Crippen LogP contribution < -0.4 is 5.32 Å². The molecule has 0 unspecified atom stereocenters. The summed E-state index contributed by atoms with van der Waals surface area (Å²) in [6.45, 7) is 0. The first-order valence-electron chi connectivity index (χ1n) is 2.29. The molecular weight excluding hydrogens is 120 g/mol. The van der Waals surface area contributed by atoms with Crippen molar-refractivity contribution in [3.05, 3.63) is 17.6 Å². The molecule has 1 radical (unpaired) electrons. The van der Waals surface area contributed by atoms with Gasteiger partial charge in [0.15, 0.2) is 5.37 Å². The zero-order valence-electron chi connectivity index (χ0n) is 4.59. The number of hydrogen-bond acceptors (Lipinski definition) is 3. The van der Waals surface area contributed by atoms with Crippen LogP contribution in [0.15, 0.2) is 17.3 Å². The predicted molar refractivity (Wildman–Crippen MR) is 37.5 cm³/mol. The zero-order chi connectivity index (χ0) is 5.82. The molecule has 0 aromatic heterocycles. The van der Waals surface area contributed by atoms with Gasteiger partial charge in [-0.15, -0.1) is 11.8 Å². The SMILES string of the molecule is CS[C]1C=CNC=N1. The lowest BCUT2D eigenvalue weighted by atomic mass is 10.6. The first-order chi connectivity index (χ1) is 3.93. The van der Waals surface area contributed by atoms with Crippen molar-refractivity contribution in [2.75, 3.05) is 6.26 Å². The van der Waals surface area contributed by atoms with Crippen molar-refractivity contribution in [2.45, 2.75) is 0 Å².